The summed E-state index contributed by atoms with van der Waals surface area (Å²) in [6.07, 6.45) is 12.7. The van der Waals surface area contributed by atoms with Crippen molar-refractivity contribution in [1.82, 2.24) is 20.1 Å². The highest BCUT2D eigenvalue weighted by Gasteiger charge is 2.26. The number of hydrogen-bond acceptors (Lipinski definition) is 6. The highest BCUT2D eigenvalue weighted by Crippen LogP contribution is 2.34. The van der Waals surface area contributed by atoms with Gasteiger partial charge in [0.15, 0.2) is 0 Å². The minimum Gasteiger partial charge on any atom is -0.381 e. The molecule has 1 aromatic carbocycles. The number of aromatic nitrogens is 3. The molecule has 1 aliphatic carbocycles. The molecule has 0 spiro atoms. The minimum atomic E-state index is -0.192. The molecular formula is C36H52N6O3. The van der Waals surface area contributed by atoms with Crippen molar-refractivity contribution in [2.75, 3.05) is 25.2 Å². The highest BCUT2D eigenvalue weighted by atomic mass is 16.5. The fraction of sp³-hybridized carbons (Fsp3) is 0.583. The summed E-state index contributed by atoms with van der Waals surface area (Å²) >= 11 is 0. The Balaban J connectivity index is 1.39. The summed E-state index contributed by atoms with van der Waals surface area (Å²) < 4.78 is 7.72. The van der Waals surface area contributed by atoms with E-state index in [1.807, 2.05) is 43.8 Å². The SMILES string of the molecule is Cc1cc(C)c(CNC(=O)c2cc(-c3cnn(CCC(C)[C@H]4CCCOCC4)c3)cc(N(C)C3CCC(N)CC3)c2C)c(=O)[nH]1. The lowest BCUT2D eigenvalue weighted by Gasteiger charge is -2.36. The van der Waals surface area contributed by atoms with Gasteiger partial charge in [-0.2, -0.15) is 5.10 Å². The number of hydrogen-bond donors (Lipinski definition) is 3. The van der Waals surface area contributed by atoms with Crippen molar-refractivity contribution in [2.24, 2.45) is 17.6 Å². The summed E-state index contributed by atoms with van der Waals surface area (Å²) in [4.78, 5) is 31.6. The van der Waals surface area contributed by atoms with Gasteiger partial charge in [-0.25, -0.2) is 0 Å². The molecule has 2 aromatic heterocycles. The lowest BCUT2D eigenvalue weighted by molar-refractivity contribution is 0.0950. The van der Waals surface area contributed by atoms with Crippen LogP contribution < -0.4 is 21.5 Å². The van der Waals surface area contributed by atoms with Crippen molar-refractivity contribution in [3.8, 4) is 11.1 Å². The number of carbonyl (C=O) groups excluding carboxylic acids is 1. The largest absolute Gasteiger partial charge is 0.381 e. The number of nitrogens with one attached hydrogen (secondary N) is 2. The zero-order valence-electron chi connectivity index (χ0n) is 27.8. The van der Waals surface area contributed by atoms with Gasteiger partial charge in [0.1, 0.15) is 0 Å². The van der Waals surface area contributed by atoms with E-state index >= 15 is 0 Å². The number of carbonyl (C=O) groups is 1. The Morgan fingerprint density at radius 1 is 1.11 bits per heavy atom. The van der Waals surface area contributed by atoms with Crippen LogP contribution in [0.1, 0.15) is 91.0 Å². The van der Waals surface area contributed by atoms with Crippen molar-refractivity contribution < 1.29 is 9.53 Å². The van der Waals surface area contributed by atoms with Gasteiger partial charge in [0.25, 0.3) is 11.5 Å². The first-order valence-electron chi connectivity index (χ1n) is 16.8. The molecule has 1 saturated carbocycles. The molecule has 45 heavy (non-hydrogen) atoms. The quantitative estimate of drug-likeness (QED) is 0.271. The van der Waals surface area contributed by atoms with Gasteiger partial charge in [0, 0.05) is 79.7 Å². The number of ether oxygens (including phenoxy) is 1. The summed E-state index contributed by atoms with van der Waals surface area (Å²) in [7, 11) is 2.13. The van der Waals surface area contributed by atoms with Crippen molar-refractivity contribution in [3.63, 3.8) is 0 Å². The Morgan fingerprint density at radius 3 is 2.64 bits per heavy atom. The van der Waals surface area contributed by atoms with Crippen LogP contribution in [0.5, 0.6) is 0 Å². The molecule has 2 atom stereocenters. The van der Waals surface area contributed by atoms with Crippen LogP contribution >= 0.6 is 0 Å². The van der Waals surface area contributed by atoms with Crippen molar-refractivity contribution in [1.29, 1.82) is 0 Å². The van der Waals surface area contributed by atoms with Crippen LogP contribution in [0.15, 0.2) is 35.4 Å². The number of aromatic amines is 1. The fourth-order valence-electron chi connectivity index (χ4n) is 7.22. The monoisotopic (exact) mass is 616 g/mol. The number of nitrogens with zero attached hydrogens (tertiary/aromatic N) is 3. The van der Waals surface area contributed by atoms with E-state index in [-0.39, 0.29) is 24.1 Å². The number of amides is 1. The van der Waals surface area contributed by atoms with Crippen LogP contribution in [0.3, 0.4) is 0 Å². The van der Waals surface area contributed by atoms with Crippen LogP contribution in [0.2, 0.25) is 0 Å². The predicted octanol–water partition coefficient (Wildman–Crippen LogP) is 5.64. The second-order valence-corrected chi connectivity index (χ2v) is 13.5. The molecule has 9 nitrogen and oxygen atoms in total. The number of H-pyrrole nitrogens is 1. The van der Waals surface area contributed by atoms with Crippen LogP contribution in [0.25, 0.3) is 11.1 Å². The number of nitrogens with two attached hydrogens (primary N) is 1. The van der Waals surface area contributed by atoms with Gasteiger partial charge in [-0.05, 0) is 119 Å². The van der Waals surface area contributed by atoms with Crippen molar-refractivity contribution >= 4 is 11.6 Å². The summed E-state index contributed by atoms with van der Waals surface area (Å²) in [5.74, 6) is 1.12. The fourth-order valence-corrected chi connectivity index (χ4v) is 7.22. The topological polar surface area (TPSA) is 118 Å². The smallest absolute Gasteiger partial charge is 0.253 e. The second-order valence-electron chi connectivity index (χ2n) is 13.5. The van der Waals surface area contributed by atoms with E-state index in [9.17, 15) is 9.59 Å². The first-order valence-corrected chi connectivity index (χ1v) is 16.8. The van der Waals surface area contributed by atoms with E-state index in [1.54, 1.807) is 0 Å². The van der Waals surface area contributed by atoms with Crippen molar-refractivity contribution in [3.05, 3.63) is 68.9 Å². The van der Waals surface area contributed by atoms with E-state index in [0.29, 0.717) is 29.0 Å². The first-order chi connectivity index (χ1) is 21.6. The van der Waals surface area contributed by atoms with Crippen LogP contribution in [0.4, 0.5) is 5.69 Å². The molecule has 2 aliphatic rings. The summed E-state index contributed by atoms with van der Waals surface area (Å²) in [5.41, 5.74) is 12.8. The van der Waals surface area contributed by atoms with Gasteiger partial charge in [0.05, 0.1) is 6.20 Å². The molecule has 3 aromatic rings. The lowest BCUT2D eigenvalue weighted by atomic mass is 9.85. The first kappa shape index (κ1) is 32.9. The maximum Gasteiger partial charge on any atom is 0.253 e. The average Bonchev–Trinajstić information content (AvgIpc) is 3.32. The van der Waals surface area contributed by atoms with Crippen LogP contribution in [-0.2, 0) is 17.8 Å². The molecule has 1 aliphatic heterocycles. The van der Waals surface area contributed by atoms with Gasteiger partial charge in [-0.3, -0.25) is 14.3 Å². The maximum absolute atomic E-state index is 13.8. The average molecular weight is 617 g/mol. The number of anilines is 1. The highest BCUT2D eigenvalue weighted by molar-refractivity contribution is 5.98. The third kappa shape index (κ3) is 8.05. The Hall–Kier alpha value is -3.43. The van der Waals surface area contributed by atoms with Gasteiger partial charge in [0.2, 0.25) is 0 Å². The molecular weight excluding hydrogens is 564 g/mol. The molecule has 244 valence electrons. The zero-order valence-corrected chi connectivity index (χ0v) is 27.8. The second kappa shape index (κ2) is 14.8. The predicted molar refractivity (Wildman–Crippen MR) is 181 cm³/mol. The molecule has 9 heteroatoms. The lowest BCUT2D eigenvalue weighted by Crippen LogP contribution is -2.39. The van der Waals surface area contributed by atoms with E-state index in [1.165, 1.54) is 6.42 Å². The molecule has 0 bridgehead atoms. The van der Waals surface area contributed by atoms with Gasteiger partial charge in [-0.1, -0.05) is 6.92 Å². The molecule has 0 radical (unpaired) electrons. The number of pyridine rings is 1. The summed E-state index contributed by atoms with van der Waals surface area (Å²) in [5, 5.41) is 7.76. The Labute approximate surface area is 267 Å². The number of benzene rings is 1. The summed E-state index contributed by atoms with van der Waals surface area (Å²) in [6.45, 7) is 10.9. The van der Waals surface area contributed by atoms with Crippen LogP contribution in [0, 0.1) is 32.6 Å². The van der Waals surface area contributed by atoms with Gasteiger partial charge < -0.3 is 25.7 Å². The maximum atomic E-state index is 13.8. The van der Waals surface area contributed by atoms with Crippen LogP contribution in [-0.4, -0.2) is 53.0 Å². The minimum absolute atomic E-state index is 0.164. The molecule has 1 unspecified atom stereocenters. The number of rotatable bonds is 10. The number of aryl methyl sites for hydroxylation is 3. The Morgan fingerprint density at radius 2 is 1.89 bits per heavy atom. The van der Waals surface area contributed by atoms with E-state index < -0.39 is 0 Å². The summed E-state index contributed by atoms with van der Waals surface area (Å²) in [6, 6.07) is 6.73. The van der Waals surface area contributed by atoms with E-state index in [4.69, 9.17) is 15.6 Å². The third-order valence-electron chi connectivity index (χ3n) is 10.3. The van der Waals surface area contributed by atoms with Gasteiger partial charge in [-0.15, -0.1) is 0 Å². The molecule has 1 saturated heterocycles. The molecule has 5 rings (SSSR count). The third-order valence-corrected chi connectivity index (χ3v) is 10.3. The molecule has 4 N–H and O–H groups in total. The van der Waals surface area contributed by atoms with Crippen molar-refractivity contribution in [2.45, 2.75) is 104 Å². The zero-order chi connectivity index (χ0) is 32.1. The molecule has 2 fully saturated rings. The normalized spacial score (nSPS) is 21.2. The Bertz CT molecular complexity index is 1510. The molecule has 3 heterocycles. The molecule has 1 amide bonds. The van der Waals surface area contributed by atoms with E-state index in [2.05, 4.69) is 41.4 Å². The van der Waals surface area contributed by atoms with Gasteiger partial charge >= 0.3 is 0 Å². The Kier molecular flexibility index (Phi) is 10.8. The van der Waals surface area contributed by atoms with E-state index in [0.717, 1.165) is 98.3 Å². The standard InChI is InChI=1S/C36H52N6O3/c1-23(27-7-6-15-45-16-13-27)12-14-42-22-29(20-39-42)28-18-32(35(43)38-21-33-24(2)17-25(3)40-36(33)44)26(4)34(19-28)41(5)31-10-8-30(37)9-11-31/h17-20,22-23,27,30-31H,6-16,21,37H2,1-5H3,(H,38,43)(H,40,44)/t23?,27-,30?,31?/m0/s1.